The number of nitrogens with one attached hydrogen (secondary N) is 2. The van der Waals surface area contributed by atoms with Gasteiger partial charge < -0.3 is 10.2 Å². The van der Waals surface area contributed by atoms with E-state index in [1.165, 1.54) is 19.3 Å². The zero-order valence-corrected chi connectivity index (χ0v) is 11.8. The van der Waals surface area contributed by atoms with Gasteiger partial charge in [0.25, 0.3) is 0 Å². The SMILES string of the molecule is CCCNc1nc(N2CC3CCC2C3)c2cn[nH]c2n1. The van der Waals surface area contributed by atoms with Crippen LogP contribution >= 0.6 is 0 Å². The zero-order valence-electron chi connectivity index (χ0n) is 11.8. The molecule has 106 valence electrons. The average molecular weight is 272 g/mol. The Bertz CT molecular complexity index is 621. The van der Waals surface area contributed by atoms with E-state index in [0.717, 1.165) is 42.3 Å². The van der Waals surface area contributed by atoms with Crippen LogP contribution < -0.4 is 10.2 Å². The number of fused-ring (bicyclic) bond motifs is 3. The van der Waals surface area contributed by atoms with E-state index in [4.69, 9.17) is 4.98 Å². The summed E-state index contributed by atoms with van der Waals surface area (Å²) < 4.78 is 0. The first kappa shape index (κ1) is 11.9. The summed E-state index contributed by atoms with van der Waals surface area (Å²) in [4.78, 5) is 11.7. The molecule has 2 aromatic rings. The van der Waals surface area contributed by atoms with Crippen molar-refractivity contribution >= 4 is 22.8 Å². The molecule has 0 aromatic carbocycles. The number of anilines is 2. The fourth-order valence-corrected chi connectivity index (χ4v) is 3.54. The van der Waals surface area contributed by atoms with Crippen LogP contribution in [0.4, 0.5) is 11.8 Å². The predicted molar refractivity (Wildman–Crippen MR) is 78.9 cm³/mol. The third kappa shape index (κ3) is 1.82. The molecule has 2 atom stereocenters. The number of rotatable bonds is 4. The maximum absolute atomic E-state index is 4.76. The van der Waals surface area contributed by atoms with Crippen molar-refractivity contribution < 1.29 is 0 Å². The van der Waals surface area contributed by atoms with Crippen LogP contribution in [0.1, 0.15) is 32.6 Å². The quantitative estimate of drug-likeness (QED) is 0.892. The molecule has 0 spiro atoms. The van der Waals surface area contributed by atoms with E-state index in [0.29, 0.717) is 12.0 Å². The molecule has 3 heterocycles. The van der Waals surface area contributed by atoms with Crippen LogP contribution in [0.25, 0.3) is 11.0 Å². The minimum Gasteiger partial charge on any atom is -0.354 e. The van der Waals surface area contributed by atoms with E-state index in [1.54, 1.807) is 0 Å². The minimum absolute atomic E-state index is 0.659. The largest absolute Gasteiger partial charge is 0.354 e. The first-order valence-corrected chi connectivity index (χ1v) is 7.56. The van der Waals surface area contributed by atoms with Crippen LogP contribution in [0, 0.1) is 5.92 Å². The van der Waals surface area contributed by atoms with Gasteiger partial charge >= 0.3 is 0 Å². The molecule has 0 radical (unpaired) electrons. The number of piperidine rings is 1. The van der Waals surface area contributed by atoms with Gasteiger partial charge in [-0.1, -0.05) is 6.92 Å². The standard InChI is InChI=1S/C14H20N6/c1-2-5-15-14-17-12-11(7-16-19-12)13(18-14)20-8-9-3-4-10(20)6-9/h7,9-10H,2-6,8H2,1H3,(H2,15,16,17,18,19). The van der Waals surface area contributed by atoms with Crippen molar-refractivity contribution in [3.8, 4) is 0 Å². The van der Waals surface area contributed by atoms with Crippen LogP contribution in [0.5, 0.6) is 0 Å². The van der Waals surface area contributed by atoms with Crippen LogP contribution in [-0.4, -0.2) is 39.3 Å². The summed E-state index contributed by atoms with van der Waals surface area (Å²) in [5.41, 5.74) is 0.830. The Hall–Kier alpha value is -1.85. The molecule has 2 aliphatic rings. The average Bonchev–Trinajstić information content (AvgIpc) is 3.19. The van der Waals surface area contributed by atoms with Gasteiger partial charge in [-0.15, -0.1) is 0 Å². The molecule has 1 saturated heterocycles. The summed E-state index contributed by atoms with van der Waals surface area (Å²) in [7, 11) is 0. The van der Waals surface area contributed by atoms with Crippen LogP contribution in [0.15, 0.2) is 6.20 Å². The highest BCUT2D eigenvalue weighted by Gasteiger charge is 2.39. The number of hydrogen-bond donors (Lipinski definition) is 2. The normalized spacial score (nSPS) is 24.8. The number of hydrogen-bond acceptors (Lipinski definition) is 5. The molecule has 2 bridgehead atoms. The summed E-state index contributed by atoms with van der Waals surface area (Å²) in [6.07, 6.45) is 6.91. The molecule has 4 rings (SSSR count). The van der Waals surface area contributed by atoms with Gasteiger partial charge in [-0.3, -0.25) is 5.10 Å². The fraction of sp³-hybridized carbons (Fsp3) is 0.643. The maximum atomic E-state index is 4.76. The van der Waals surface area contributed by atoms with Crippen LogP contribution in [-0.2, 0) is 0 Å². The van der Waals surface area contributed by atoms with Crippen LogP contribution in [0.2, 0.25) is 0 Å². The van der Waals surface area contributed by atoms with E-state index in [1.807, 2.05) is 6.20 Å². The van der Waals surface area contributed by atoms with Gasteiger partial charge in [0, 0.05) is 19.1 Å². The first-order valence-electron chi connectivity index (χ1n) is 7.56. The van der Waals surface area contributed by atoms with Crippen molar-refractivity contribution in [2.24, 2.45) is 5.92 Å². The third-order valence-electron chi connectivity index (χ3n) is 4.50. The van der Waals surface area contributed by atoms with Gasteiger partial charge in [0.2, 0.25) is 5.95 Å². The van der Waals surface area contributed by atoms with E-state index in [2.05, 4.69) is 32.3 Å². The molecule has 6 nitrogen and oxygen atoms in total. The van der Waals surface area contributed by atoms with E-state index < -0.39 is 0 Å². The predicted octanol–water partition coefficient (Wildman–Crippen LogP) is 2.16. The highest BCUT2D eigenvalue weighted by atomic mass is 15.3. The highest BCUT2D eigenvalue weighted by Crippen LogP contribution is 2.41. The van der Waals surface area contributed by atoms with Gasteiger partial charge in [0.1, 0.15) is 5.82 Å². The van der Waals surface area contributed by atoms with Gasteiger partial charge in [0.05, 0.1) is 11.6 Å². The number of aromatic nitrogens is 4. The molecule has 1 aliphatic heterocycles. The molecule has 0 amide bonds. The van der Waals surface area contributed by atoms with Gasteiger partial charge in [-0.2, -0.15) is 15.1 Å². The monoisotopic (exact) mass is 272 g/mol. The van der Waals surface area contributed by atoms with E-state index >= 15 is 0 Å². The molecule has 20 heavy (non-hydrogen) atoms. The molecule has 2 fully saturated rings. The van der Waals surface area contributed by atoms with Gasteiger partial charge in [0.15, 0.2) is 5.65 Å². The molecule has 2 aromatic heterocycles. The Morgan fingerprint density at radius 1 is 1.40 bits per heavy atom. The molecule has 2 unspecified atom stereocenters. The summed E-state index contributed by atoms with van der Waals surface area (Å²) >= 11 is 0. The molecular weight excluding hydrogens is 252 g/mol. The second-order valence-corrected chi connectivity index (χ2v) is 5.92. The third-order valence-corrected chi connectivity index (χ3v) is 4.50. The lowest BCUT2D eigenvalue weighted by Crippen LogP contribution is -2.33. The van der Waals surface area contributed by atoms with Crippen LogP contribution in [0.3, 0.4) is 0 Å². The molecule has 1 saturated carbocycles. The van der Waals surface area contributed by atoms with Crippen molar-refractivity contribution in [3.63, 3.8) is 0 Å². The Morgan fingerprint density at radius 3 is 3.10 bits per heavy atom. The number of H-pyrrole nitrogens is 1. The van der Waals surface area contributed by atoms with E-state index in [9.17, 15) is 0 Å². The summed E-state index contributed by atoms with van der Waals surface area (Å²) in [5.74, 6) is 2.61. The van der Waals surface area contributed by atoms with Crippen molar-refractivity contribution in [1.29, 1.82) is 0 Å². The molecule has 2 N–H and O–H groups in total. The second kappa shape index (κ2) is 4.61. The fourth-order valence-electron chi connectivity index (χ4n) is 3.54. The zero-order chi connectivity index (χ0) is 13.5. The molecule has 6 heteroatoms. The smallest absolute Gasteiger partial charge is 0.226 e. The summed E-state index contributed by atoms with van der Waals surface area (Å²) in [6.45, 7) is 4.17. The Balaban J connectivity index is 1.74. The number of aromatic amines is 1. The molecule has 1 aliphatic carbocycles. The van der Waals surface area contributed by atoms with Crippen molar-refractivity contribution in [1.82, 2.24) is 20.2 Å². The second-order valence-electron chi connectivity index (χ2n) is 5.92. The highest BCUT2D eigenvalue weighted by molar-refractivity contribution is 5.88. The lowest BCUT2D eigenvalue weighted by atomic mass is 10.1. The van der Waals surface area contributed by atoms with Gasteiger partial charge in [-0.25, -0.2) is 0 Å². The Morgan fingerprint density at radius 2 is 2.35 bits per heavy atom. The number of nitrogens with zero attached hydrogens (tertiary/aromatic N) is 4. The van der Waals surface area contributed by atoms with E-state index in [-0.39, 0.29) is 0 Å². The summed E-state index contributed by atoms with van der Waals surface area (Å²) in [5, 5.41) is 11.4. The lowest BCUT2D eigenvalue weighted by molar-refractivity contribution is 0.551. The van der Waals surface area contributed by atoms with Crippen molar-refractivity contribution in [2.45, 2.75) is 38.6 Å². The Kier molecular flexibility index (Phi) is 2.75. The van der Waals surface area contributed by atoms with Crippen molar-refractivity contribution in [2.75, 3.05) is 23.3 Å². The lowest BCUT2D eigenvalue weighted by Gasteiger charge is -2.28. The molecular formula is C14H20N6. The topological polar surface area (TPSA) is 69.7 Å². The Labute approximate surface area is 118 Å². The summed E-state index contributed by atoms with van der Waals surface area (Å²) in [6, 6.07) is 0.659. The first-order chi connectivity index (χ1) is 9.85. The van der Waals surface area contributed by atoms with Crippen molar-refractivity contribution in [3.05, 3.63) is 6.20 Å². The maximum Gasteiger partial charge on any atom is 0.226 e. The minimum atomic E-state index is 0.659. The van der Waals surface area contributed by atoms with Gasteiger partial charge in [-0.05, 0) is 31.6 Å².